The molecule has 0 aromatic heterocycles. The van der Waals surface area contributed by atoms with Crippen molar-refractivity contribution in [2.45, 2.75) is 18.9 Å². The first kappa shape index (κ1) is 23.4. The molecule has 2 heterocycles. The molecule has 0 aliphatic carbocycles. The Hall–Kier alpha value is -3.35. The van der Waals surface area contributed by atoms with Gasteiger partial charge < -0.3 is 10.0 Å². The minimum Gasteiger partial charge on any atom is -0.507 e. The van der Waals surface area contributed by atoms with Crippen molar-refractivity contribution in [3.8, 4) is 0 Å². The van der Waals surface area contributed by atoms with Crippen LogP contribution in [-0.2, 0) is 9.59 Å². The van der Waals surface area contributed by atoms with Crippen LogP contribution >= 0.6 is 23.2 Å². The van der Waals surface area contributed by atoms with Gasteiger partial charge in [-0.05, 0) is 73.0 Å². The number of ketones is 1. The molecule has 5 rings (SSSR count). The summed E-state index contributed by atoms with van der Waals surface area (Å²) in [5.74, 6) is -2.46. The number of carbonyl (C=O) groups excluding carboxylic acids is 2. The fourth-order valence-corrected chi connectivity index (χ4v) is 4.96. The average Bonchev–Trinajstić information content (AvgIpc) is 3.48. The Labute approximate surface area is 212 Å². The summed E-state index contributed by atoms with van der Waals surface area (Å²) in [6, 6.07) is 16.4. The lowest BCUT2D eigenvalue weighted by Gasteiger charge is -2.26. The van der Waals surface area contributed by atoms with Crippen LogP contribution in [0.4, 0.5) is 15.8 Å². The van der Waals surface area contributed by atoms with E-state index >= 15 is 0 Å². The van der Waals surface area contributed by atoms with Gasteiger partial charge in [0.25, 0.3) is 11.7 Å². The SMILES string of the molecule is O=C1C(=O)N(c2ccc(N3CCCC3)cc2)C(c2ccc(F)cc2)/C1=C(/O)c1ccc(Cl)c(Cl)c1. The van der Waals surface area contributed by atoms with Gasteiger partial charge in [0.2, 0.25) is 0 Å². The Balaban J connectivity index is 1.63. The highest BCUT2D eigenvalue weighted by atomic mass is 35.5. The number of aliphatic hydroxyl groups is 1. The topological polar surface area (TPSA) is 60.9 Å². The Bertz CT molecular complexity index is 1330. The monoisotopic (exact) mass is 510 g/mol. The highest BCUT2D eigenvalue weighted by molar-refractivity contribution is 6.51. The van der Waals surface area contributed by atoms with Crippen molar-refractivity contribution in [3.63, 3.8) is 0 Å². The molecule has 178 valence electrons. The largest absolute Gasteiger partial charge is 0.507 e. The van der Waals surface area contributed by atoms with Gasteiger partial charge in [-0.1, -0.05) is 35.3 Å². The standard InChI is InChI=1S/C27H21Cl2FN2O3/c28-21-12-5-17(15-22(21)29)25(33)23-24(16-3-6-18(30)7-4-16)32(27(35)26(23)34)20-10-8-19(9-11-20)31-13-1-2-14-31/h3-12,15,24,33H,1-2,13-14H2/b25-23-. The van der Waals surface area contributed by atoms with E-state index in [-0.39, 0.29) is 26.9 Å². The number of nitrogens with zero attached hydrogens (tertiary/aromatic N) is 2. The lowest BCUT2D eigenvalue weighted by molar-refractivity contribution is -0.132. The van der Waals surface area contributed by atoms with E-state index in [0.29, 0.717) is 11.3 Å². The van der Waals surface area contributed by atoms with Gasteiger partial charge in [-0.25, -0.2) is 4.39 Å². The van der Waals surface area contributed by atoms with Crippen LogP contribution in [0.25, 0.3) is 5.76 Å². The van der Waals surface area contributed by atoms with Crippen molar-refractivity contribution >= 4 is 52.0 Å². The molecule has 2 fully saturated rings. The number of hydrogen-bond donors (Lipinski definition) is 1. The molecule has 2 aliphatic rings. The molecule has 0 bridgehead atoms. The second-order valence-electron chi connectivity index (χ2n) is 8.56. The summed E-state index contributed by atoms with van der Waals surface area (Å²) in [6.45, 7) is 1.95. The van der Waals surface area contributed by atoms with E-state index in [1.54, 1.807) is 12.1 Å². The van der Waals surface area contributed by atoms with Gasteiger partial charge in [0.1, 0.15) is 11.6 Å². The molecule has 2 saturated heterocycles. The predicted molar refractivity (Wildman–Crippen MR) is 136 cm³/mol. The van der Waals surface area contributed by atoms with E-state index in [9.17, 15) is 19.1 Å². The van der Waals surface area contributed by atoms with Crippen molar-refractivity contribution in [3.05, 3.63) is 99.3 Å². The molecule has 3 aromatic rings. The summed E-state index contributed by atoms with van der Waals surface area (Å²) in [5, 5.41) is 11.6. The third-order valence-corrected chi connectivity index (χ3v) is 7.16. The molecule has 8 heteroatoms. The third kappa shape index (κ3) is 4.28. The third-order valence-electron chi connectivity index (χ3n) is 6.42. The molecule has 5 nitrogen and oxygen atoms in total. The molecule has 0 radical (unpaired) electrons. The smallest absolute Gasteiger partial charge is 0.300 e. The molecule has 1 atom stereocenters. The molecule has 35 heavy (non-hydrogen) atoms. The second-order valence-corrected chi connectivity index (χ2v) is 9.37. The van der Waals surface area contributed by atoms with E-state index in [4.69, 9.17) is 23.2 Å². The summed E-state index contributed by atoms with van der Waals surface area (Å²) in [4.78, 5) is 30.1. The number of rotatable bonds is 4. The van der Waals surface area contributed by atoms with Gasteiger partial charge in [0.05, 0.1) is 21.7 Å². The van der Waals surface area contributed by atoms with Crippen molar-refractivity contribution in [2.24, 2.45) is 0 Å². The molecule has 0 spiro atoms. The van der Waals surface area contributed by atoms with Gasteiger partial charge >= 0.3 is 0 Å². The molecule has 0 saturated carbocycles. The zero-order chi connectivity index (χ0) is 24.7. The predicted octanol–water partition coefficient (Wildman–Crippen LogP) is 6.36. The van der Waals surface area contributed by atoms with E-state index < -0.39 is 23.5 Å². The minimum atomic E-state index is -0.956. The molecular weight excluding hydrogens is 490 g/mol. The number of halogens is 3. The van der Waals surface area contributed by atoms with Crippen molar-refractivity contribution in [2.75, 3.05) is 22.9 Å². The van der Waals surface area contributed by atoms with Crippen LogP contribution in [-0.4, -0.2) is 29.9 Å². The first-order valence-corrected chi connectivity index (χ1v) is 12.0. The Kier molecular flexibility index (Phi) is 6.26. The van der Waals surface area contributed by atoms with Gasteiger partial charge in [-0.2, -0.15) is 0 Å². The molecule has 1 amide bonds. The van der Waals surface area contributed by atoms with Crippen molar-refractivity contribution in [1.82, 2.24) is 0 Å². The maximum atomic E-state index is 13.7. The summed E-state index contributed by atoms with van der Waals surface area (Å²) in [6.07, 6.45) is 2.27. The number of amides is 1. The summed E-state index contributed by atoms with van der Waals surface area (Å²) < 4.78 is 13.7. The maximum absolute atomic E-state index is 13.7. The van der Waals surface area contributed by atoms with Gasteiger partial charge in [0.15, 0.2) is 0 Å². The summed E-state index contributed by atoms with van der Waals surface area (Å²) >= 11 is 12.1. The zero-order valence-electron chi connectivity index (χ0n) is 18.5. The number of aliphatic hydroxyl groups excluding tert-OH is 1. The van der Waals surface area contributed by atoms with E-state index in [0.717, 1.165) is 31.6 Å². The summed E-state index contributed by atoms with van der Waals surface area (Å²) in [7, 11) is 0. The Morgan fingerprint density at radius 2 is 1.49 bits per heavy atom. The van der Waals surface area contributed by atoms with Crippen LogP contribution in [0.2, 0.25) is 10.0 Å². The Morgan fingerprint density at radius 1 is 0.857 bits per heavy atom. The molecule has 2 aliphatic heterocycles. The van der Waals surface area contributed by atoms with Crippen molar-refractivity contribution in [1.29, 1.82) is 0 Å². The first-order chi connectivity index (χ1) is 16.8. The van der Waals surface area contributed by atoms with Gasteiger partial charge in [-0.3, -0.25) is 14.5 Å². The highest BCUT2D eigenvalue weighted by Gasteiger charge is 2.47. The maximum Gasteiger partial charge on any atom is 0.300 e. The van der Waals surface area contributed by atoms with Gasteiger partial charge in [-0.15, -0.1) is 0 Å². The van der Waals surface area contributed by atoms with Crippen molar-refractivity contribution < 1.29 is 19.1 Å². The minimum absolute atomic E-state index is 0.108. The van der Waals surface area contributed by atoms with Crippen LogP contribution in [0.1, 0.15) is 30.0 Å². The van der Waals surface area contributed by atoms with Crippen LogP contribution in [0.3, 0.4) is 0 Å². The first-order valence-electron chi connectivity index (χ1n) is 11.2. The average molecular weight is 511 g/mol. The lowest BCUT2D eigenvalue weighted by atomic mass is 9.95. The van der Waals surface area contributed by atoms with Crippen LogP contribution < -0.4 is 9.80 Å². The van der Waals surface area contributed by atoms with Crippen LogP contribution in [0.15, 0.2) is 72.3 Å². The zero-order valence-corrected chi connectivity index (χ0v) is 20.1. The Morgan fingerprint density at radius 3 is 2.11 bits per heavy atom. The molecule has 1 N–H and O–H groups in total. The second kappa shape index (κ2) is 9.36. The van der Waals surface area contributed by atoms with Crippen LogP contribution in [0, 0.1) is 5.82 Å². The number of benzene rings is 3. The fraction of sp³-hybridized carbons (Fsp3) is 0.185. The molecule has 1 unspecified atom stereocenters. The van der Waals surface area contributed by atoms with Gasteiger partial charge in [0, 0.05) is 30.0 Å². The van der Waals surface area contributed by atoms with E-state index in [2.05, 4.69) is 4.90 Å². The number of anilines is 2. The molecule has 3 aromatic carbocycles. The van der Waals surface area contributed by atoms with E-state index in [1.807, 2.05) is 12.1 Å². The quantitative estimate of drug-likeness (QED) is 0.252. The number of Topliss-reactive ketones (excluding diaryl/α,β-unsaturated/α-hetero) is 1. The number of carbonyl (C=O) groups is 2. The van der Waals surface area contributed by atoms with E-state index in [1.165, 1.54) is 47.4 Å². The highest BCUT2D eigenvalue weighted by Crippen LogP contribution is 2.43. The normalized spacial score (nSPS) is 19.6. The fourth-order valence-electron chi connectivity index (χ4n) is 4.66. The summed E-state index contributed by atoms with van der Waals surface area (Å²) in [5.41, 5.74) is 2.16. The molecular formula is C27H21Cl2FN2O3. The number of hydrogen-bond acceptors (Lipinski definition) is 4. The van der Waals surface area contributed by atoms with Crippen LogP contribution in [0.5, 0.6) is 0 Å². The lowest BCUT2D eigenvalue weighted by Crippen LogP contribution is -2.29.